The van der Waals surface area contributed by atoms with Crippen LogP contribution in [0.1, 0.15) is 21.6 Å². The number of aryl methyl sites for hydroxylation is 1. The summed E-state index contributed by atoms with van der Waals surface area (Å²) in [6.07, 6.45) is 1.48. The highest BCUT2D eigenvalue weighted by Crippen LogP contribution is 2.28. The Labute approximate surface area is 122 Å². The zero-order valence-electron chi connectivity index (χ0n) is 11.7. The van der Waals surface area contributed by atoms with E-state index < -0.39 is 5.91 Å². The maximum absolute atomic E-state index is 12.4. The normalized spacial score (nSPS) is 9.76. The van der Waals surface area contributed by atoms with Crippen LogP contribution in [0.15, 0.2) is 30.5 Å². The number of hydrogen-bond acceptors (Lipinski definition) is 5. The number of nitrogens with one attached hydrogen (secondary N) is 1. The third kappa shape index (κ3) is 2.92. The van der Waals surface area contributed by atoms with Gasteiger partial charge in [-0.3, -0.25) is 9.78 Å². The second-order valence-electron chi connectivity index (χ2n) is 4.35. The van der Waals surface area contributed by atoms with Gasteiger partial charge in [-0.15, -0.1) is 0 Å². The molecule has 0 spiro atoms. The van der Waals surface area contributed by atoms with Gasteiger partial charge in [0, 0.05) is 0 Å². The van der Waals surface area contributed by atoms with Crippen molar-refractivity contribution >= 4 is 17.3 Å². The van der Waals surface area contributed by atoms with E-state index in [1.54, 1.807) is 31.2 Å². The van der Waals surface area contributed by atoms with Gasteiger partial charge in [0.05, 0.1) is 35.8 Å². The first-order valence-corrected chi connectivity index (χ1v) is 6.17. The predicted octanol–water partition coefficient (Wildman–Crippen LogP) is 2.10. The van der Waals surface area contributed by atoms with E-state index in [1.165, 1.54) is 13.3 Å². The molecule has 0 bridgehead atoms. The molecule has 0 unspecified atom stereocenters. The van der Waals surface area contributed by atoms with Crippen LogP contribution in [0, 0.1) is 18.3 Å². The van der Waals surface area contributed by atoms with Crippen LogP contribution >= 0.6 is 0 Å². The van der Waals surface area contributed by atoms with Crippen molar-refractivity contribution in [3.8, 4) is 11.8 Å². The first kappa shape index (κ1) is 14.3. The summed E-state index contributed by atoms with van der Waals surface area (Å²) >= 11 is 0. The van der Waals surface area contributed by atoms with Crippen LogP contribution in [-0.2, 0) is 0 Å². The molecule has 0 saturated carbocycles. The maximum Gasteiger partial charge on any atom is 0.257 e. The number of amides is 1. The molecule has 0 saturated heterocycles. The number of carbonyl (C=O) groups excluding carboxylic acids is 1. The molecule has 0 fully saturated rings. The molecule has 0 aliphatic rings. The molecule has 106 valence electrons. The van der Waals surface area contributed by atoms with Crippen LogP contribution in [0.25, 0.3) is 0 Å². The monoisotopic (exact) mass is 282 g/mol. The Hall–Kier alpha value is -3.07. The summed E-state index contributed by atoms with van der Waals surface area (Å²) < 4.78 is 5.17. The Morgan fingerprint density at radius 3 is 2.90 bits per heavy atom. The molecule has 0 radical (unpaired) electrons. The average molecular weight is 282 g/mol. The molecule has 0 aliphatic carbocycles. The fourth-order valence-electron chi connectivity index (χ4n) is 1.88. The number of benzene rings is 1. The van der Waals surface area contributed by atoms with E-state index in [0.717, 1.165) is 0 Å². The van der Waals surface area contributed by atoms with Crippen molar-refractivity contribution in [2.24, 2.45) is 0 Å². The summed E-state index contributed by atoms with van der Waals surface area (Å²) in [6.45, 7) is 1.71. The van der Waals surface area contributed by atoms with E-state index in [0.29, 0.717) is 33.9 Å². The van der Waals surface area contributed by atoms with Crippen LogP contribution in [0.3, 0.4) is 0 Å². The zero-order valence-corrected chi connectivity index (χ0v) is 11.7. The Bertz CT molecular complexity index is 735. The van der Waals surface area contributed by atoms with E-state index >= 15 is 0 Å². The number of nitrogens with zero attached hydrogens (tertiary/aromatic N) is 2. The Morgan fingerprint density at radius 1 is 1.48 bits per heavy atom. The number of methoxy groups -OCH3 is 1. The highest BCUT2D eigenvalue weighted by atomic mass is 16.5. The minimum absolute atomic E-state index is 0.317. The third-order valence-corrected chi connectivity index (χ3v) is 2.96. The largest absolute Gasteiger partial charge is 0.495 e. The topological polar surface area (TPSA) is 101 Å². The quantitative estimate of drug-likeness (QED) is 0.897. The predicted molar refractivity (Wildman–Crippen MR) is 79.0 cm³/mol. The molecule has 2 aromatic rings. The van der Waals surface area contributed by atoms with Crippen LogP contribution in [0.5, 0.6) is 5.75 Å². The average Bonchev–Trinajstić information content (AvgIpc) is 2.49. The molecule has 21 heavy (non-hydrogen) atoms. The van der Waals surface area contributed by atoms with Gasteiger partial charge in [0.2, 0.25) is 0 Å². The highest BCUT2D eigenvalue weighted by molar-refractivity contribution is 6.06. The summed E-state index contributed by atoms with van der Waals surface area (Å²) in [5.41, 5.74) is 7.59. The molecular formula is C15H14N4O2. The van der Waals surface area contributed by atoms with Crippen molar-refractivity contribution < 1.29 is 9.53 Å². The van der Waals surface area contributed by atoms with Gasteiger partial charge in [0.25, 0.3) is 5.91 Å². The van der Waals surface area contributed by atoms with Gasteiger partial charge in [-0.25, -0.2) is 0 Å². The van der Waals surface area contributed by atoms with E-state index in [4.69, 9.17) is 15.7 Å². The molecule has 1 amide bonds. The Morgan fingerprint density at radius 2 is 2.24 bits per heavy atom. The molecule has 1 aromatic heterocycles. The lowest BCUT2D eigenvalue weighted by molar-refractivity contribution is 0.102. The van der Waals surface area contributed by atoms with Crippen molar-refractivity contribution in [1.82, 2.24) is 4.98 Å². The number of pyridine rings is 1. The fraction of sp³-hybridized carbons (Fsp3) is 0.133. The van der Waals surface area contributed by atoms with E-state index in [9.17, 15) is 4.79 Å². The lowest BCUT2D eigenvalue weighted by Gasteiger charge is -2.12. The van der Waals surface area contributed by atoms with Gasteiger partial charge in [-0.2, -0.15) is 5.26 Å². The van der Waals surface area contributed by atoms with E-state index in [2.05, 4.69) is 10.3 Å². The van der Waals surface area contributed by atoms with Gasteiger partial charge in [0.1, 0.15) is 17.5 Å². The molecule has 6 heteroatoms. The van der Waals surface area contributed by atoms with Crippen molar-refractivity contribution in [1.29, 1.82) is 5.26 Å². The van der Waals surface area contributed by atoms with Crippen molar-refractivity contribution in [3.05, 3.63) is 47.3 Å². The van der Waals surface area contributed by atoms with Crippen molar-refractivity contribution in [2.45, 2.75) is 6.92 Å². The standard InChI is InChI=1S/C15H14N4O2/c1-9-12(6-11(17)8-18-9)15(20)19-14-10(7-16)4-3-5-13(14)21-2/h3-6,8H,17H2,1-2H3,(H,19,20). The Kier molecular flexibility index (Phi) is 4.05. The minimum Gasteiger partial charge on any atom is -0.495 e. The number of hydrogen-bond donors (Lipinski definition) is 2. The number of nitriles is 1. The number of rotatable bonds is 3. The number of ether oxygens (including phenoxy) is 1. The highest BCUT2D eigenvalue weighted by Gasteiger charge is 2.16. The van der Waals surface area contributed by atoms with E-state index in [1.807, 2.05) is 6.07 Å². The molecule has 0 aliphatic heterocycles. The van der Waals surface area contributed by atoms with Crippen LogP contribution in [0.2, 0.25) is 0 Å². The summed E-state index contributed by atoms with van der Waals surface area (Å²) in [6, 6.07) is 8.51. The lowest BCUT2D eigenvalue weighted by Crippen LogP contribution is -2.16. The maximum atomic E-state index is 12.4. The Balaban J connectivity index is 2.41. The smallest absolute Gasteiger partial charge is 0.257 e. The molecule has 2 rings (SSSR count). The second kappa shape index (κ2) is 5.92. The first-order valence-electron chi connectivity index (χ1n) is 6.17. The molecular weight excluding hydrogens is 268 g/mol. The van der Waals surface area contributed by atoms with Crippen LogP contribution in [-0.4, -0.2) is 18.0 Å². The molecule has 1 heterocycles. The zero-order chi connectivity index (χ0) is 15.4. The van der Waals surface area contributed by atoms with Gasteiger partial charge in [0.15, 0.2) is 0 Å². The van der Waals surface area contributed by atoms with Crippen molar-refractivity contribution in [2.75, 3.05) is 18.2 Å². The minimum atomic E-state index is -0.395. The van der Waals surface area contributed by atoms with Crippen LogP contribution < -0.4 is 15.8 Å². The summed E-state index contributed by atoms with van der Waals surface area (Å²) in [5, 5.41) is 11.8. The summed E-state index contributed by atoms with van der Waals surface area (Å²) in [4.78, 5) is 16.4. The number of nitrogen functional groups attached to an aromatic ring is 1. The number of carbonyl (C=O) groups is 1. The van der Waals surface area contributed by atoms with Gasteiger partial charge in [-0.1, -0.05) is 6.07 Å². The number of anilines is 2. The summed E-state index contributed by atoms with van der Waals surface area (Å²) in [7, 11) is 1.47. The van der Waals surface area contributed by atoms with Crippen LogP contribution in [0.4, 0.5) is 11.4 Å². The molecule has 1 aromatic carbocycles. The summed E-state index contributed by atoms with van der Waals surface area (Å²) in [5.74, 6) is 0.0187. The SMILES string of the molecule is COc1cccc(C#N)c1NC(=O)c1cc(N)cnc1C. The van der Waals surface area contributed by atoms with Gasteiger partial charge >= 0.3 is 0 Å². The number of para-hydroxylation sites is 1. The van der Waals surface area contributed by atoms with Gasteiger partial charge in [-0.05, 0) is 25.1 Å². The number of aromatic nitrogens is 1. The van der Waals surface area contributed by atoms with Crippen molar-refractivity contribution in [3.63, 3.8) is 0 Å². The third-order valence-electron chi connectivity index (χ3n) is 2.96. The number of nitrogens with two attached hydrogens (primary N) is 1. The molecule has 0 atom stereocenters. The molecule has 6 nitrogen and oxygen atoms in total. The van der Waals surface area contributed by atoms with E-state index in [-0.39, 0.29) is 0 Å². The fourth-order valence-corrected chi connectivity index (χ4v) is 1.88. The lowest BCUT2D eigenvalue weighted by atomic mass is 10.1. The van der Waals surface area contributed by atoms with Gasteiger partial charge < -0.3 is 15.8 Å². The first-order chi connectivity index (χ1) is 10.1. The molecule has 3 N–H and O–H groups in total. The second-order valence-corrected chi connectivity index (χ2v) is 4.35.